The molecule has 2 N–H and O–H groups in total. The molecule has 0 bridgehead atoms. The van der Waals surface area contributed by atoms with E-state index in [4.69, 9.17) is 17.3 Å². The van der Waals surface area contributed by atoms with Crippen LogP contribution in [-0.4, -0.2) is 20.8 Å². The molecule has 0 aromatic carbocycles. The maximum Gasteiger partial charge on any atom is 0.156 e. The minimum absolute atomic E-state index is 0.139. The lowest BCUT2D eigenvalue weighted by molar-refractivity contribution is 0.639. The van der Waals surface area contributed by atoms with Crippen molar-refractivity contribution in [2.24, 2.45) is 5.73 Å². The molecule has 2 aromatic rings. The highest BCUT2D eigenvalue weighted by molar-refractivity contribution is 6.31. The summed E-state index contributed by atoms with van der Waals surface area (Å²) in [6.07, 6.45) is 5.25. The van der Waals surface area contributed by atoms with Crippen LogP contribution in [0.25, 0.3) is 5.82 Å². The lowest BCUT2D eigenvalue weighted by Gasteiger charge is -2.12. The third-order valence-corrected chi connectivity index (χ3v) is 3.30. The standard InChI is InChI=1S/C13H17ClN4/c1-3-11(15)7-10-5-4-6-16-13(10)18-8-12(14)9(2)17-18/h4-6,8,11H,3,7,15H2,1-2H3. The summed E-state index contributed by atoms with van der Waals surface area (Å²) in [6, 6.07) is 4.09. The van der Waals surface area contributed by atoms with Crippen molar-refractivity contribution in [3.63, 3.8) is 0 Å². The van der Waals surface area contributed by atoms with E-state index in [0.29, 0.717) is 5.02 Å². The molecule has 0 saturated carbocycles. The summed E-state index contributed by atoms with van der Waals surface area (Å²) in [6.45, 7) is 3.95. The van der Waals surface area contributed by atoms with Crippen LogP contribution in [0.4, 0.5) is 0 Å². The molecule has 0 aliphatic carbocycles. The Balaban J connectivity index is 2.38. The molecule has 2 rings (SSSR count). The number of aryl methyl sites for hydroxylation is 1. The van der Waals surface area contributed by atoms with Crippen LogP contribution in [0.5, 0.6) is 0 Å². The Morgan fingerprint density at radius 1 is 1.50 bits per heavy atom. The van der Waals surface area contributed by atoms with E-state index in [2.05, 4.69) is 17.0 Å². The second-order valence-corrected chi connectivity index (χ2v) is 4.77. The largest absolute Gasteiger partial charge is 0.327 e. The first-order valence-corrected chi connectivity index (χ1v) is 6.41. The van der Waals surface area contributed by atoms with Crippen molar-refractivity contribution in [1.82, 2.24) is 14.8 Å². The smallest absolute Gasteiger partial charge is 0.156 e. The Labute approximate surface area is 112 Å². The molecule has 5 heteroatoms. The van der Waals surface area contributed by atoms with E-state index in [0.717, 1.165) is 29.9 Å². The Kier molecular flexibility index (Phi) is 3.99. The minimum atomic E-state index is 0.139. The highest BCUT2D eigenvalue weighted by atomic mass is 35.5. The van der Waals surface area contributed by atoms with Gasteiger partial charge < -0.3 is 5.73 Å². The fraction of sp³-hybridized carbons (Fsp3) is 0.385. The van der Waals surface area contributed by atoms with Gasteiger partial charge in [0, 0.05) is 12.2 Å². The molecule has 0 fully saturated rings. The molecular weight excluding hydrogens is 248 g/mol. The van der Waals surface area contributed by atoms with Crippen LogP contribution in [0, 0.1) is 6.92 Å². The van der Waals surface area contributed by atoms with Crippen molar-refractivity contribution in [2.45, 2.75) is 32.7 Å². The van der Waals surface area contributed by atoms with Crippen molar-refractivity contribution in [3.05, 3.63) is 40.8 Å². The van der Waals surface area contributed by atoms with Gasteiger partial charge in [0.15, 0.2) is 5.82 Å². The van der Waals surface area contributed by atoms with Crippen molar-refractivity contribution in [3.8, 4) is 5.82 Å². The average molecular weight is 265 g/mol. The van der Waals surface area contributed by atoms with Gasteiger partial charge in [-0.05, 0) is 31.4 Å². The first-order valence-electron chi connectivity index (χ1n) is 6.03. The number of hydrogen-bond acceptors (Lipinski definition) is 3. The first kappa shape index (κ1) is 13.1. The van der Waals surface area contributed by atoms with Crippen LogP contribution in [0.2, 0.25) is 5.02 Å². The molecule has 0 saturated heterocycles. The Bertz CT molecular complexity index is 516. The molecule has 1 atom stereocenters. The summed E-state index contributed by atoms with van der Waals surface area (Å²) in [5.74, 6) is 0.802. The van der Waals surface area contributed by atoms with Crippen LogP contribution in [-0.2, 0) is 6.42 Å². The van der Waals surface area contributed by atoms with Crippen LogP contribution < -0.4 is 5.73 Å². The van der Waals surface area contributed by atoms with Gasteiger partial charge in [0.05, 0.1) is 16.9 Å². The van der Waals surface area contributed by atoms with Crippen molar-refractivity contribution >= 4 is 11.6 Å². The van der Waals surface area contributed by atoms with Gasteiger partial charge in [-0.25, -0.2) is 9.67 Å². The van der Waals surface area contributed by atoms with E-state index >= 15 is 0 Å². The SMILES string of the molecule is CCC(N)Cc1cccnc1-n1cc(Cl)c(C)n1. The highest BCUT2D eigenvalue weighted by Gasteiger charge is 2.11. The summed E-state index contributed by atoms with van der Waals surface area (Å²) in [5, 5.41) is 5.00. The first-order chi connectivity index (χ1) is 8.61. The number of rotatable bonds is 4. The van der Waals surface area contributed by atoms with Gasteiger partial charge in [-0.2, -0.15) is 5.10 Å². The number of aromatic nitrogens is 3. The molecule has 1 unspecified atom stereocenters. The summed E-state index contributed by atoms with van der Waals surface area (Å²) >= 11 is 6.03. The summed E-state index contributed by atoms with van der Waals surface area (Å²) in [5.41, 5.74) is 7.89. The Morgan fingerprint density at radius 2 is 2.28 bits per heavy atom. The molecule has 18 heavy (non-hydrogen) atoms. The third kappa shape index (κ3) is 2.71. The van der Waals surface area contributed by atoms with Gasteiger partial charge in [-0.1, -0.05) is 24.6 Å². The molecule has 0 spiro atoms. The van der Waals surface area contributed by atoms with E-state index in [9.17, 15) is 0 Å². The third-order valence-electron chi connectivity index (χ3n) is 2.93. The molecule has 0 radical (unpaired) electrons. The van der Waals surface area contributed by atoms with E-state index in [1.54, 1.807) is 17.1 Å². The van der Waals surface area contributed by atoms with E-state index < -0.39 is 0 Å². The lowest BCUT2D eigenvalue weighted by atomic mass is 10.1. The second kappa shape index (κ2) is 5.50. The Morgan fingerprint density at radius 3 is 2.89 bits per heavy atom. The fourth-order valence-corrected chi connectivity index (χ4v) is 1.90. The number of nitrogens with two attached hydrogens (primary N) is 1. The quantitative estimate of drug-likeness (QED) is 0.923. The molecule has 0 aliphatic rings. The van der Waals surface area contributed by atoms with Gasteiger partial charge in [0.1, 0.15) is 0 Å². The lowest BCUT2D eigenvalue weighted by Crippen LogP contribution is -2.22. The predicted molar refractivity (Wildman–Crippen MR) is 73.1 cm³/mol. The fourth-order valence-electron chi connectivity index (χ4n) is 1.77. The number of pyridine rings is 1. The topological polar surface area (TPSA) is 56.7 Å². The second-order valence-electron chi connectivity index (χ2n) is 4.37. The molecule has 2 aromatic heterocycles. The summed E-state index contributed by atoms with van der Waals surface area (Å²) in [4.78, 5) is 4.38. The summed E-state index contributed by atoms with van der Waals surface area (Å²) in [7, 11) is 0. The average Bonchev–Trinajstić information content (AvgIpc) is 2.70. The van der Waals surface area contributed by atoms with Gasteiger partial charge in [0.25, 0.3) is 0 Å². The maximum atomic E-state index is 6.03. The molecule has 4 nitrogen and oxygen atoms in total. The van der Waals surface area contributed by atoms with E-state index in [1.165, 1.54) is 0 Å². The van der Waals surface area contributed by atoms with Gasteiger partial charge in [-0.15, -0.1) is 0 Å². The molecular formula is C13H17ClN4. The van der Waals surface area contributed by atoms with Gasteiger partial charge in [0.2, 0.25) is 0 Å². The highest BCUT2D eigenvalue weighted by Crippen LogP contribution is 2.18. The van der Waals surface area contributed by atoms with Crippen molar-refractivity contribution < 1.29 is 0 Å². The van der Waals surface area contributed by atoms with E-state index in [-0.39, 0.29) is 6.04 Å². The predicted octanol–water partition coefficient (Wildman–Crippen LogP) is 2.51. The van der Waals surface area contributed by atoms with Gasteiger partial charge in [-0.3, -0.25) is 0 Å². The molecule has 96 valence electrons. The zero-order chi connectivity index (χ0) is 13.1. The number of halogens is 1. The van der Waals surface area contributed by atoms with Crippen LogP contribution >= 0.6 is 11.6 Å². The van der Waals surface area contributed by atoms with Gasteiger partial charge >= 0.3 is 0 Å². The monoisotopic (exact) mass is 264 g/mol. The molecule has 0 aliphatic heterocycles. The minimum Gasteiger partial charge on any atom is -0.327 e. The van der Waals surface area contributed by atoms with Crippen LogP contribution in [0.3, 0.4) is 0 Å². The molecule has 0 amide bonds. The zero-order valence-electron chi connectivity index (χ0n) is 10.6. The molecule has 2 heterocycles. The van der Waals surface area contributed by atoms with Crippen LogP contribution in [0.15, 0.2) is 24.5 Å². The Hall–Kier alpha value is -1.39. The normalized spacial score (nSPS) is 12.7. The number of nitrogens with zero attached hydrogens (tertiary/aromatic N) is 3. The van der Waals surface area contributed by atoms with Crippen molar-refractivity contribution in [1.29, 1.82) is 0 Å². The summed E-state index contributed by atoms with van der Waals surface area (Å²) < 4.78 is 1.72. The zero-order valence-corrected chi connectivity index (χ0v) is 11.4. The maximum absolute atomic E-state index is 6.03. The number of hydrogen-bond donors (Lipinski definition) is 1. The van der Waals surface area contributed by atoms with Crippen molar-refractivity contribution in [2.75, 3.05) is 0 Å². The van der Waals surface area contributed by atoms with E-state index in [1.807, 2.05) is 19.1 Å². The van der Waals surface area contributed by atoms with Crippen LogP contribution in [0.1, 0.15) is 24.6 Å².